The fourth-order valence-corrected chi connectivity index (χ4v) is 3.04. The molecule has 0 bridgehead atoms. The summed E-state index contributed by atoms with van der Waals surface area (Å²) in [7, 11) is 0. The van der Waals surface area contributed by atoms with E-state index in [1.807, 2.05) is 30.5 Å². The molecular weight excluding hydrogens is 253 g/mol. The van der Waals surface area contributed by atoms with Crippen LogP contribution in [-0.4, -0.2) is 10.2 Å². The first-order valence-corrected chi connectivity index (χ1v) is 6.79. The Labute approximate surface area is 115 Å². The highest BCUT2D eigenvalue weighted by atomic mass is 19.1. The Morgan fingerprint density at radius 3 is 3.05 bits per heavy atom. The molecule has 0 amide bonds. The van der Waals surface area contributed by atoms with Gasteiger partial charge in [0, 0.05) is 11.1 Å². The van der Waals surface area contributed by atoms with E-state index in [-0.39, 0.29) is 11.9 Å². The molecule has 1 atom stereocenters. The van der Waals surface area contributed by atoms with E-state index in [0.29, 0.717) is 0 Å². The van der Waals surface area contributed by atoms with Crippen molar-refractivity contribution in [1.29, 1.82) is 0 Å². The summed E-state index contributed by atoms with van der Waals surface area (Å²) < 4.78 is 13.8. The van der Waals surface area contributed by atoms with Crippen LogP contribution in [0.1, 0.15) is 23.6 Å². The molecule has 100 valence electrons. The molecule has 1 aliphatic carbocycles. The Hall–Kier alpha value is -2.36. The topological polar surface area (TPSA) is 40.7 Å². The summed E-state index contributed by atoms with van der Waals surface area (Å²) in [5, 5.41) is 11.6. The summed E-state index contributed by atoms with van der Waals surface area (Å²) in [5.74, 6) is -0.0895. The fourth-order valence-electron chi connectivity index (χ4n) is 3.04. The number of H-pyrrole nitrogens is 1. The molecule has 2 aromatic carbocycles. The molecule has 0 aliphatic heterocycles. The van der Waals surface area contributed by atoms with Gasteiger partial charge >= 0.3 is 0 Å². The first-order valence-electron chi connectivity index (χ1n) is 6.79. The van der Waals surface area contributed by atoms with E-state index in [2.05, 4.69) is 15.5 Å². The van der Waals surface area contributed by atoms with Crippen LogP contribution in [0.4, 0.5) is 10.1 Å². The highest BCUT2D eigenvalue weighted by Gasteiger charge is 2.25. The molecule has 2 N–H and O–H groups in total. The third kappa shape index (κ3) is 1.68. The van der Waals surface area contributed by atoms with Gasteiger partial charge < -0.3 is 5.32 Å². The molecule has 1 aromatic heterocycles. The maximum absolute atomic E-state index is 13.8. The highest BCUT2D eigenvalue weighted by Crippen LogP contribution is 2.36. The van der Waals surface area contributed by atoms with Gasteiger partial charge in [-0.15, -0.1) is 0 Å². The third-order valence-electron chi connectivity index (χ3n) is 4.03. The van der Waals surface area contributed by atoms with E-state index in [4.69, 9.17) is 0 Å². The standard InChI is InChI=1S/C16H14FN3/c17-13-4-1-3-11-10(13)7-8-15(11)19-14-5-2-6-16-12(14)9-18-20-16/h1-6,9,15,19H,7-8H2,(H,18,20). The van der Waals surface area contributed by atoms with Crippen molar-refractivity contribution in [2.24, 2.45) is 0 Å². The number of fused-ring (bicyclic) bond motifs is 2. The normalized spacial score (nSPS) is 17.4. The molecule has 1 aliphatic rings. The third-order valence-corrected chi connectivity index (χ3v) is 4.03. The zero-order valence-corrected chi connectivity index (χ0v) is 10.9. The zero-order chi connectivity index (χ0) is 13.5. The zero-order valence-electron chi connectivity index (χ0n) is 10.9. The highest BCUT2D eigenvalue weighted by molar-refractivity contribution is 5.91. The smallest absolute Gasteiger partial charge is 0.126 e. The van der Waals surface area contributed by atoms with E-state index in [1.165, 1.54) is 6.07 Å². The van der Waals surface area contributed by atoms with Crippen molar-refractivity contribution in [2.45, 2.75) is 18.9 Å². The van der Waals surface area contributed by atoms with Gasteiger partial charge in [0.1, 0.15) is 5.82 Å². The summed E-state index contributed by atoms with van der Waals surface area (Å²) in [5.41, 5.74) is 3.97. The molecule has 1 heterocycles. The molecule has 20 heavy (non-hydrogen) atoms. The summed E-state index contributed by atoms with van der Waals surface area (Å²) >= 11 is 0. The molecule has 4 rings (SSSR count). The van der Waals surface area contributed by atoms with Crippen LogP contribution in [0.25, 0.3) is 10.9 Å². The average Bonchev–Trinajstić information content (AvgIpc) is 3.07. The van der Waals surface area contributed by atoms with Gasteiger partial charge in [0.25, 0.3) is 0 Å². The number of aromatic amines is 1. The van der Waals surface area contributed by atoms with Crippen LogP contribution in [0.15, 0.2) is 42.6 Å². The van der Waals surface area contributed by atoms with Crippen LogP contribution in [0.5, 0.6) is 0 Å². The molecule has 0 fully saturated rings. The minimum absolute atomic E-state index is 0.0895. The van der Waals surface area contributed by atoms with E-state index in [0.717, 1.165) is 40.6 Å². The quantitative estimate of drug-likeness (QED) is 0.741. The molecule has 3 aromatic rings. The number of benzene rings is 2. The van der Waals surface area contributed by atoms with Crippen molar-refractivity contribution < 1.29 is 4.39 Å². The maximum Gasteiger partial charge on any atom is 0.126 e. The lowest BCUT2D eigenvalue weighted by Crippen LogP contribution is -2.07. The van der Waals surface area contributed by atoms with Crippen molar-refractivity contribution >= 4 is 16.6 Å². The van der Waals surface area contributed by atoms with Crippen molar-refractivity contribution in [3.8, 4) is 0 Å². The predicted octanol–water partition coefficient (Wildman–Crippen LogP) is 3.80. The number of anilines is 1. The SMILES string of the molecule is Fc1cccc2c1CCC2Nc1cccc2[nH]ncc12. The lowest BCUT2D eigenvalue weighted by atomic mass is 10.1. The van der Waals surface area contributed by atoms with E-state index < -0.39 is 0 Å². The Bertz CT molecular complexity index is 778. The van der Waals surface area contributed by atoms with Gasteiger partial charge in [-0.3, -0.25) is 5.10 Å². The number of rotatable bonds is 2. The second-order valence-corrected chi connectivity index (χ2v) is 5.18. The van der Waals surface area contributed by atoms with Crippen LogP contribution < -0.4 is 5.32 Å². The van der Waals surface area contributed by atoms with Crippen LogP contribution in [-0.2, 0) is 6.42 Å². The molecule has 0 saturated carbocycles. The minimum atomic E-state index is -0.0895. The van der Waals surface area contributed by atoms with Crippen LogP contribution in [0, 0.1) is 5.82 Å². The second-order valence-electron chi connectivity index (χ2n) is 5.18. The molecule has 0 radical (unpaired) electrons. The number of hydrogen-bond acceptors (Lipinski definition) is 2. The number of nitrogens with zero attached hydrogens (tertiary/aromatic N) is 1. The molecule has 4 heteroatoms. The summed E-state index contributed by atoms with van der Waals surface area (Å²) in [4.78, 5) is 0. The number of nitrogens with one attached hydrogen (secondary N) is 2. The van der Waals surface area contributed by atoms with Crippen LogP contribution in [0.3, 0.4) is 0 Å². The van der Waals surface area contributed by atoms with Gasteiger partial charge in [-0.2, -0.15) is 5.10 Å². The average molecular weight is 267 g/mol. The monoisotopic (exact) mass is 267 g/mol. The van der Waals surface area contributed by atoms with E-state index in [1.54, 1.807) is 6.07 Å². The van der Waals surface area contributed by atoms with Crippen LogP contribution >= 0.6 is 0 Å². The van der Waals surface area contributed by atoms with Crippen molar-refractivity contribution in [1.82, 2.24) is 10.2 Å². The van der Waals surface area contributed by atoms with E-state index >= 15 is 0 Å². The Morgan fingerprint density at radius 1 is 1.20 bits per heavy atom. The molecule has 3 nitrogen and oxygen atoms in total. The van der Waals surface area contributed by atoms with Crippen LogP contribution in [0.2, 0.25) is 0 Å². The van der Waals surface area contributed by atoms with Gasteiger partial charge in [-0.1, -0.05) is 18.2 Å². The molecule has 1 unspecified atom stereocenters. The first-order chi connectivity index (χ1) is 9.83. The Morgan fingerprint density at radius 2 is 2.10 bits per heavy atom. The lowest BCUT2D eigenvalue weighted by molar-refractivity contribution is 0.612. The largest absolute Gasteiger partial charge is 0.378 e. The fraction of sp³-hybridized carbons (Fsp3) is 0.188. The van der Waals surface area contributed by atoms with Gasteiger partial charge in [0.2, 0.25) is 0 Å². The Kier molecular flexibility index (Phi) is 2.49. The van der Waals surface area contributed by atoms with Gasteiger partial charge in [0.05, 0.1) is 17.8 Å². The first kappa shape index (κ1) is 11.5. The summed E-state index contributed by atoms with van der Waals surface area (Å²) in [6, 6.07) is 11.5. The van der Waals surface area contributed by atoms with Crippen molar-refractivity contribution in [3.63, 3.8) is 0 Å². The number of aromatic nitrogens is 2. The summed E-state index contributed by atoms with van der Waals surface area (Å²) in [6.45, 7) is 0. The lowest BCUT2D eigenvalue weighted by Gasteiger charge is -2.16. The van der Waals surface area contributed by atoms with Gasteiger partial charge in [-0.25, -0.2) is 4.39 Å². The van der Waals surface area contributed by atoms with Gasteiger partial charge in [-0.05, 0) is 42.2 Å². The molecule has 0 saturated heterocycles. The minimum Gasteiger partial charge on any atom is -0.378 e. The van der Waals surface area contributed by atoms with Crippen molar-refractivity contribution in [2.75, 3.05) is 5.32 Å². The van der Waals surface area contributed by atoms with Crippen molar-refractivity contribution in [3.05, 3.63) is 59.5 Å². The number of hydrogen-bond donors (Lipinski definition) is 2. The molecular formula is C16H14FN3. The second kappa shape index (κ2) is 4.34. The maximum atomic E-state index is 13.8. The predicted molar refractivity (Wildman–Crippen MR) is 77.2 cm³/mol. The summed E-state index contributed by atoms with van der Waals surface area (Å²) in [6.07, 6.45) is 3.53. The molecule has 0 spiro atoms. The number of halogens is 1. The Balaban J connectivity index is 1.72. The van der Waals surface area contributed by atoms with E-state index in [9.17, 15) is 4.39 Å². The van der Waals surface area contributed by atoms with Gasteiger partial charge in [0.15, 0.2) is 0 Å².